The fraction of sp³-hybridized carbons (Fsp3) is 0.300. The molecular weight excluding hydrogens is 494 g/mol. The second-order valence-electron chi connectivity index (χ2n) is 9.12. The predicted molar refractivity (Wildman–Crippen MR) is 151 cm³/mol. The van der Waals surface area contributed by atoms with Crippen LogP contribution in [0.4, 0.5) is 17.1 Å². The number of carbonyl (C=O) groups excluding carboxylic acids is 1. The van der Waals surface area contributed by atoms with Crippen molar-refractivity contribution in [3.05, 3.63) is 65.9 Å². The van der Waals surface area contributed by atoms with Crippen LogP contribution in [0.3, 0.4) is 0 Å². The van der Waals surface area contributed by atoms with Crippen LogP contribution in [0, 0.1) is 23.7 Å². The van der Waals surface area contributed by atoms with E-state index in [9.17, 15) is 10.1 Å². The molecule has 2 aromatic carbocycles. The number of pyridine rings is 1. The van der Waals surface area contributed by atoms with Crippen LogP contribution in [0.15, 0.2) is 54.7 Å². The second kappa shape index (κ2) is 13.4. The minimum absolute atomic E-state index is 0.134. The number of hydrogen-bond acceptors (Lipinski definition) is 8. The van der Waals surface area contributed by atoms with E-state index in [4.69, 9.17) is 20.6 Å². The normalized spacial score (nSPS) is 14.8. The van der Waals surface area contributed by atoms with E-state index >= 15 is 0 Å². The zero-order chi connectivity index (χ0) is 27.6. The summed E-state index contributed by atoms with van der Waals surface area (Å²) in [6.45, 7) is 3.05. The average molecular weight is 526 g/mol. The van der Waals surface area contributed by atoms with Gasteiger partial charge in [-0.1, -0.05) is 18.1 Å². The Labute approximate surface area is 228 Å². The van der Waals surface area contributed by atoms with E-state index < -0.39 is 0 Å². The van der Waals surface area contributed by atoms with Crippen LogP contribution in [0.5, 0.6) is 5.75 Å². The molecule has 9 nitrogen and oxygen atoms in total. The fourth-order valence-electron chi connectivity index (χ4n) is 4.10. The van der Waals surface area contributed by atoms with Crippen LogP contribution in [-0.2, 0) is 14.3 Å². The van der Waals surface area contributed by atoms with Crippen LogP contribution in [-0.4, -0.2) is 69.0 Å². The topological polar surface area (TPSA) is 109 Å². The van der Waals surface area contributed by atoms with E-state index in [1.807, 2.05) is 36.2 Å². The van der Waals surface area contributed by atoms with E-state index in [2.05, 4.69) is 27.6 Å². The van der Waals surface area contributed by atoms with Gasteiger partial charge in [-0.3, -0.25) is 9.78 Å². The minimum Gasteiger partial charge on any atom is -0.486 e. The maximum atomic E-state index is 12.9. The Hall–Kier alpha value is -4.41. The van der Waals surface area contributed by atoms with Gasteiger partial charge in [0.15, 0.2) is 0 Å². The number of terminal acetylenes is 1. The lowest BCUT2D eigenvalue weighted by Crippen LogP contribution is -2.23. The highest BCUT2D eigenvalue weighted by Gasteiger charge is 2.21. The summed E-state index contributed by atoms with van der Waals surface area (Å²) in [7, 11) is 3.61. The highest BCUT2D eigenvalue weighted by molar-refractivity contribution is 6.04. The third-order valence-corrected chi connectivity index (χ3v) is 6.19. The number of nitrogens with zero attached hydrogens (tertiary/aromatic N) is 3. The molecule has 1 aromatic heterocycles. The van der Waals surface area contributed by atoms with E-state index in [0.717, 1.165) is 18.7 Å². The lowest BCUT2D eigenvalue weighted by atomic mass is 10.1. The molecular formula is C30H31N5O4. The van der Waals surface area contributed by atoms with Gasteiger partial charge in [-0.25, -0.2) is 0 Å². The van der Waals surface area contributed by atoms with E-state index in [-0.39, 0.29) is 12.0 Å². The predicted octanol–water partition coefficient (Wildman–Crippen LogP) is 4.07. The van der Waals surface area contributed by atoms with Gasteiger partial charge in [0.1, 0.15) is 17.9 Å². The number of ether oxygens (including phenoxy) is 3. The second-order valence-corrected chi connectivity index (χ2v) is 9.12. The first kappa shape index (κ1) is 27.6. The number of carbonyl (C=O) groups is 1. The van der Waals surface area contributed by atoms with E-state index in [0.29, 0.717) is 65.5 Å². The summed E-state index contributed by atoms with van der Waals surface area (Å²) < 4.78 is 16.8. The maximum absolute atomic E-state index is 12.9. The van der Waals surface area contributed by atoms with Gasteiger partial charge in [-0.15, -0.1) is 6.42 Å². The molecule has 0 unspecified atom stereocenters. The van der Waals surface area contributed by atoms with Crippen LogP contribution in [0.2, 0.25) is 0 Å². The summed E-state index contributed by atoms with van der Waals surface area (Å²) in [5.74, 6) is 2.80. The van der Waals surface area contributed by atoms with Crippen LogP contribution < -0.4 is 15.4 Å². The number of hydrogen-bond donors (Lipinski definition) is 2. The van der Waals surface area contributed by atoms with Crippen molar-refractivity contribution in [1.82, 2.24) is 9.88 Å². The SMILES string of the molecule is C#Cc1cccc(Nc2c(C#N)cnc3cc(O[C@H]4CCOC4)c(NC(=O)/C=C/CN(C)CCOC)cc23)c1. The van der Waals surface area contributed by atoms with Crippen molar-refractivity contribution in [3.63, 3.8) is 0 Å². The molecule has 1 amide bonds. The molecule has 1 fully saturated rings. The molecule has 1 atom stereocenters. The molecule has 0 saturated carbocycles. The number of anilines is 3. The molecule has 4 rings (SSSR count). The van der Waals surface area contributed by atoms with Gasteiger partial charge >= 0.3 is 0 Å². The molecule has 9 heteroatoms. The van der Waals surface area contributed by atoms with Gasteiger partial charge in [0.25, 0.3) is 0 Å². The standard InChI is InChI=1S/C30H31N5O4/c1-4-21-7-5-8-23(15-21)33-30-22(18-31)19-32-26-17-28(39-24-10-13-38-20-24)27(16-25(26)30)34-29(36)9-6-11-35(2)12-14-37-3/h1,5-9,15-17,19,24H,10-14,20H2,2-3H3,(H,32,33)(H,34,36)/b9-6+/t24-/m0/s1. The zero-order valence-electron chi connectivity index (χ0n) is 22.1. The van der Waals surface area contributed by atoms with Gasteiger partial charge in [0, 0.05) is 61.6 Å². The number of fused-ring (bicyclic) bond motifs is 1. The molecule has 200 valence electrons. The number of amides is 1. The molecule has 1 aliphatic heterocycles. The Morgan fingerprint density at radius 3 is 2.97 bits per heavy atom. The first-order valence-electron chi connectivity index (χ1n) is 12.6. The molecule has 1 saturated heterocycles. The average Bonchev–Trinajstić information content (AvgIpc) is 3.46. The number of methoxy groups -OCH3 is 1. The molecule has 39 heavy (non-hydrogen) atoms. The number of benzene rings is 2. The molecule has 0 bridgehead atoms. The number of likely N-dealkylation sites (N-methyl/N-ethyl adjacent to an activating group) is 1. The van der Waals surface area contributed by atoms with Gasteiger partial charge in [-0.2, -0.15) is 5.26 Å². The number of nitrogens with one attached hydrogen (secondary N) is 2. The van der Waals surface area contributed by atoms with Crippen molar-refractivity contribution in [3.8, 4) is 24.2 Å². The lowest BCUT2D eigenvalue weighted by molar-refractivity contribution is -0.111. The number of aromatic nitrogens is 1. The first-order chi connectivity index (χ1) is 19.0. The summed E-state index contributed by atoms with van der Waals surface area (Å²) in [6, 6.07) is 13.1. The summed E-state index contributed by atoms with van der Waals surface area (Å²) in [4.78, 5) is 19.4. The molecule has 0 aliphatic carbocycles. The summed E-state index contributed by atoms with van der Waals surface area (Å²) in [5, 5.41) is 16.7. The van der Waals surface area contributed by atoms with Crippen molar-refractivity contribution >= 4 is 33.9 Å². The first-order valence-corrected chi connectivity index (χ1v) is 12.6. The number of nitriles is 1. The molecule has 0 spiro atoms. The Kier molecular flexibility index (Phi) is 9.49. The molecule has 2 N–H and O–H groups in total. The van der Waals surface area contributed by atoms with Crippen molar-refractivity contribution in [2.45, 2.75) is 12.5 Å². The van der Waals surface area contributed by atoms with Gasteiger partial charge in [0.05, 0.1) is 42.3 Å². The Balaban J connectivity index is 1.68. The van der Waals surface area contributed by atoms with Gasteiger partial charge < -0.3 is 29.7 Å². The Morgan fingerprint density at radius 2 is 2.23 bits per heavy atom. The molecule has 1 aliphatic rings. The summed E-state index contributed by atoms with van der Waals surface area (Å²) >= 11 is 0. The summed E-state index contributed by atoms with van der Waals surface area (Å²) in [5.41, 5.74) is 3.41. The van der Waals surface area contributed by atoms with Crippen molar-refractivity contribution in [2.75, 3.05) is 57.7 Å². The number of rotatable bonds is 11. The van der Waals surface area contributed by atoms with Crippen molar-refractivity contribution < 1.29 is 19.0 Å². The molecule has 3 aromatic rings. The van der Waals surface area contributed by atoms with E-state index in [1.54, 1.807) is 25.3 Å². The van der Waals surface area contributed by atoms with Crippen molar-refractivity contribution in [1.29, 1.82) is 5.26 Å². The van der Waals surface area contributed by atoms with Gasteiger partial charge in [-0.05, 0) is 31.3 Å². The summed E-state index contributed by atoms with van der Waals surface area (Å²) in [6.07, 6.45) is 11.0. The Morgan fingerprint density at radius 1 is 1.36 bits per heavy atom. The molecule has 0 radical (unpaired) electrons. The van der Waals surface area contributed by atoms with Crippen LogP contribution in [0.25, 0.3) is 10.9 Å². The highest BCUT2D eigenvalue weighted by Crippen LogP contribution is 2.37. The van der Waals surface area contributed by atoms with Crippen LogP contribution in [0.1, 0.15) is 17.5 Å². The monoisotopic (exact) mass is 525 g/mol. The lowest BCUT2D eigenvalue weighted by Gasteiger charge is -2.18. The highest BCUT2D eigenvalue weighted by atomic mass is 16.5. The van der Waals surface area contributed by atoms with E-state index in [1.165, 1.54) is 12.3 Å². The van der Waals surface area contributed by atoms with Crippen molar-refractivity contribution in [2.24, 2.45) is 0 Å². The fourth-order valence-corrected chi connectivity index (χ4v) is 4.10. The smallest absolute Gasteiger partial charge is 0.248 e. The third-order valence-electron chi connectivity index (χ3n) is 6.19. The molecule has 2 heterocycles. The Bertz CT molecular complexity index is 1430. The minimum atomic E-state index is -0.303. The third kappa shape index (κ3) is 7.34. The largest absolute Gasteiger partial charge is 0.486 e. The van der Waals surface area contributed by atoms with Crippen LogP contribution >= 0.6 is 0 Å². The zero-order valence-corrected chi connectivity index (χ0v) is 22.1. The quantitative estimate of drug-likeness (QED) is 0.285. The maximum Gasteiger partial charge on any atom is 0.248 e. The van der Waals surface area contributed by atoms with Gasteiger partial charge in [0.2, 0.25) is 5.91 Å².